The maximum Gasteiger partial charge on any atom is 0.128 e. The minimum Gasteiger partial charge on any atom is -0.321 e. The summed E-state index contributed by atoms with van der Waals surface area (Å²) in [6.07, 6.45) is 8.15. The van der Waals surface area contributed by atoms with Crippen LogP contribution in [0.25, 0.3) is 0 Å². The smallest absolute Gasteiger partial charge is 0.128 e. The standard InChI is InChI=1S/C18H22ClN3/c1-21-17(19)11-20-18(21)12-22(14-9-10-14)16-8-4-6-13-5-2-3-7-15(13)16/h2-3,5,7,11,14,16H,4,6,8-10,12H2,1H3. The molecule has 0 aliphatic heterocycles. The molecule has 1 heterocycles. The summed E-state index contributed by atoms with van der Waals surface area (Å²) in [7, 11) is 2.00. The van der Waals surface area contributed by atoms with Crippen LogP contribution < -0.4 is 0 Å². The lowest BCUT2D eigenvalue weighted by atomic mass is 9.86. The van der Waals surface area contributed by atoms with Gasteiger partial charge in [0.2, 0.25) is 0 Å². The number of fused-ring (bicyclic) bond motifs is 1. The molecule has 1 fully saturated rings. The molecule has 1 saturated carbocycles. The molecule has 1 unspecified atom stereocenters. The van der Waals surface area contributed by atoms with Crippen LogP contribution in [0.2, 0.25) is 5.15 Å². The van der Waals surface area contributed by atoms with E-state index in [1.807, 2.05) is 11.6 Å². The molecule has 2 aliphatic rings. The van der Waals surface area contributed by atoms with E-state index in [0.717, 1.165) is 17.5 Å². The number of nitrogens with zero attached hydrogens (tertiary/aromatic N) is 3. The number of aromatic nitrogens is 2. The molecule has 1 aromatic heterocycles. The molecule has 4 rings (SSSR count). The SMILES string of the molecule is Cn1c(Cl)cnc1CN(C1CC1)C1CCCc2ccccc21. The van der Waals surface area contributed by atoms with Gasteiger partial charge in [-0.2, -0.15) is 0 Å². The number of hydrogen-bond acceptors (Lipinski definition) is 2. The molecule has 1 aromatic carbocycles. The topological polar surface area (TPSA) is 21.1 Å². The number of hydrogen-bond donors (Lipinski definition) is 0. The summed E-state index contributed by atoms with van der Waals surface area (Å²) in [6.45, 7) is 0.896. The Morgan fingerprint density at radius 1 is 1.27 bits per heavy atom. The first kappa shape index (κ1) is 14.3. The van der Waals surface area contributed by atoms with Gasteiger partial charge in [-0.3, -0.25) is 4.90 Å². The molecule has 2 aromatic rings. The maximum atomic E-state index is 6.16. The zero-order valence-electron chi connectivity index (χ0n) is 13.0. The van der Waals surface area contributed by atoms with Crippen molar-refractivity contribution in [2.45, 2.75) is 50.7 Å². The summed E-state index contributed by atoms with van der Waals surface area (Å²) >= 11 is 6.16. The molecule has 0 amide bonds. The number of rotatable bonds is 4. The Balaban J connectivity index is 1.65. The zero-order chi connectivity index (χ0) is 15.1. The first-order chi connectivity index (χ1) is 10.7. The van der Waals surface area contributed by atoms with E-state index in [0.29, 0.717) is 12.1 Å². The molecule has 2 aliphatic carbocycles. The van der Waals surface area contributed by atoms with Gasteiger partial charge < -0.3 is 4.57 Å². The van der Waals surface area contributed by atoms with Crippen LogP contribution in [-0.2, 0) is 20.0 Å². The Kier molecular flexibility index (Phi) is 3.71. The highest BCUT2D eigenvalue weighted by atomic mass is 35.5. The van der Waals surface area contributed by atoms with Gasteiger partial charge in [-0.15, -0.1) is 0 Å². The Hall–Kier alpha value is -1.32. The van der Waals surface area contributed by atoms with E-state index >= 15 is 0 Å². The fraction of sp³-hybridized carbons (Fsp3) is 0.500. The van der Waals surface area contributed by atoms with Crippen molar-refractivity contribution in [2.75, 3.05) is 0 Å². The Bertz CT molecular complexity index is 675. The van der Waals surface area contributed by atoms with Crippen molar-refractivity contribution in [3.63, 3.8) is 0 Å². The molecule has 0 spiro atoms. The molecule has 0 N–H and O–H groups in total. The summed E-state index contributed by atoms with van der Waals surface area (Å²) in [4.78, 5) is 7.17. The highest BCUT2D eigenvalue weighted by Crippen LogP contribution is 2.41. The lowest BCUT2D eigenvalue weighted by Crippen LogP contribution is -2.33. The molecule has 116 valence electrons. The summed E-state index contributed by atoms with van der Waals surface area (Å²) in [5, 5.41) is 0.717. The van der Waals surface area contributed by atoms with Crippen molar-refractivity contribution >= 4 is 11.6 Å². The van der Waals surface area contributed by atoms with Crippen LogP contribution in [0.5, 0.6) is 0 Å². The molecule has 0 radical (unpaired) electrons. The summed E-state index contributed by atoms with van der Waals surface area (Å²) in [5.41, 5.74) is 3.06. The zero-order valence-corrected chi connectivity index (χ0v) is 13.8. The van der Waals surface area contributed by atoms with E-state index in [1.54, 1.807) is 6.20 Å². The van der Waals surface area contributed by atoms with Gasteiger partial charge in [0.1, 0.15) is 11.0 Å². The molecule has 0 saturated heterocycles. The molecule has 4 heteroatoms. The second-order valence-electron chi connectivity index (χ2n) is 6.57. The molecular weight excluding hydrogens is 294 g/mol. The van der Waals surface area contributed by atoms with Crippen LogP contribution in [0.15, 0.2) is 30.5 Å². The number of benzene rings is 1. The Morgan fingerprint density at radius 2 is 2.09 bits per heavy atom. The number of aryl methyl sites for hydroxylation is 1. The van der Waals surface area contributed by atoms with Gasteiger partial charge in [0.05, 0.1) is 12.7 Å². The second kappa shape index (κ2) is 5.71. The Labute approximate surface area is 136 Å². The summed E-state index contributed by atoms with van der Waals surface area (Å²) in [5.74, 6) is 1.07. The normalized spacial score (nSPS) is 21.1. The Morgan fingerprint density at radius 3 is 2.82 bits per heavy atom. The van der Waals surface area contributed by atoms with E-state index in [2.05, 4.69) is 34.1 Å². The van der Waals surface area contributed by atoms with E-state index in [9.17, 15) is 0 Å². The predicted octanol–water partition coefficient (Wildman–Crippen LogP) is 4.12. The van der Waals surface area contributed by atoms with Gasteiger partial charge >= 0.3 is 0 Å². The van der Waals surface area contributed by atoms with Gasteiger partial charge in [0, 0.05) is 19.1 Å². The van der Waals surface area contributed by atoms with Gasteiger partial charge in [-0.1, -0.05) is 35.9 Å². The van der Waals surface area contributed by atoms with Gasteiger partial charge in [-0.25, -0.2) is 4.98 Å². The monoisotopic (exact) mass is 315 g/mol. The molecule has 3 nitrogen and oxygen atoms in total. The lowest BCUT2D eigenvalue weighted by Gasteiger charge is -2.36. The van der Waals surface area contributed by atoms with E-state index < -0.39 is 0 Å². The molecule has 1 atom stereocenters. The third-order valence-corrected chi connectivity index (χ3v) is 5.46. The van der Waals surface area contributed by atoms with Crippen LogP contribution in [-0.4, -0.2) is 20.5 Å². The first-order valence-electron chi connectivity index (χ1n) is 8.23. The fourth-order valence-electron chi connectivity index (χ4n) is 3.71. The fourth-order valence-corrected chi connectivity index (χ4v) is 3.85. The minimum absolute atomic E-state index is 0.535. The number of imidazole rings is 1. The third kappa shape index (κ3) is 2.57. The molecule has 0 bridgehead atoms. The van der Waals surface area contributed by atoms with Crippen LogP contribution in [0.1, 0.15) is 48.7 Å². The minimum atomic E-state index is 0.535. The van der Waals surface area contributed by atoms with Crippen molar-refractivity contribution in [1.29, 1.82) is 0 Å². The summed E-state index contributed by atoms with van der Waals surface area (Å²) < 4.78 is 2.01. The summed E-state index contributed by atoms with van der Waals surface area (Å²) in [6, 6.07) is 10.2. The van der Waals surface area contributed by atoms with Crippen LogP contribution in [0, 0.1) is 0 Å². The van der Waals surface area contributed by atoms with E-state index in [-0.39, 0.29) is 0 Å². The molecular formula is C18H22ClN3. The second-order valence-corrected chi connectivity index (χ2v) is 6.95. The van der Waals surface area contributed by atoms with E-state index in [4.69, 9.17) is 11.6 Å². The van der Waals surface area contributed by atoms with Gasteiger partial charge in [0.25, 0.3) is 0 Å². The quantitative estimate of drug-likeness (QED) is 0.846. The van der Waals surface area contributed by atoms with Crippen molar-refractivity contribution < 1.29 is 0 Å². The average molecular weight is 316 g/mol. The lowest BCUT2D eigenvalue weighted by molar-refractivity contribution is 0.154. The van der Waals surface area contributed by atoms with Crippen molar-refractivity contribution in [3.8, 4) is 0 Å². The highest BCUT2D eigenvalue weighted by molar-refractivity contribution is 6.29. The molecule has 22 heavy (non-hydrogen) atoms. The van der Waals surface area contributed by atoms with Crippen molar-refractivity contribution in [2.24, 2.45) is 7.05 Å². The first-order valence-corrected chi connectivity index (χ1v) is 8.61. The largest absolute Gasteiger partial charge is 0.321 e. The maximum absolute atomic E-state index is 6.16. The van der Waals surface area contributed by atoms with Crippen molar-refractivity contribution in [3.05, 3.63) is 52.6 Å². The van der Waals surface area contributed by atoms with Crippen molar-refractivity contribution in [1.82, 2.24) is 14.5 Å². The average Bonchev–Trinajstić information content (AvgIpc) is 3.34. The highest BCUT2D eigenvalue weighted by Gasteiger charge is 2.36. The number of halogens is 1. The van der Waals surface area contributed by atoms with Crippen LogP contribution in [0.3, 0.4) is 0 Å². The van der Waals surface area contributed by atoms with Gasteiger partial charge in [-0.05, 0) is 43.2 Å². The predicted molar refractivity (Wildman–Crippen MR) is 88.9 cm³/mol. The third-order valence-electron chi connectivity index (χ3n) is 5.11. The van der Waals surface area contributed by atoms with Crippen LogP contribution >= 0.6 is 11.6 Å². The van der Waals surface area contributed by atoms with E-state index in [1.165, 1.54) is 43.2 Å². The van der Waals surface area contributed by atoms with Crippen LogP contribution in [0.4, 0.5) is 0 Å². The van der Waals surface area contributed by atoms with Gasteiger partial charge in [0.15, 0.2) is 0 Å².